The summed E-state index contributed by atoms with van der Waals surface area (Å²) in [5.41, 5.74) is 4.84. The van der Waals surface area contributed by atoms with Gasteiger partial charge in [-0.25, -0.2) is 9.97 Å². The normalized spacial score (nSPS) is 14.3. The highest BCUT2D eigenvalue weighted by Crippen LogP contribution is 2.25. The molecule has 0 N–H and O–H groups in total. The molecule has 0 unspecified atom stereocenters. The lowest BCUT2D eigenvalue weighted by Gasteiger charge is -2.28. The number of nitrogens with zero attached hydrogens (tertiary/aromatic N) is 4. The van der Waals surface area contributed by atoms with Crippen LogP contribution in [0.15, 0.2) is 59.9 Å². The average molecular weight is 348 g/mol. The summed E-state index contributed by atoms with van der Waals surface area (Å²) in [4.78, 5) is 17.3. The Hall–Kier alpha value is -2.24. The molecule has 1 aromatic carbocycles. The fourth-order valence-electron chi connectivity index (χ4n) is 3.22. The number of rotatable bonds is 4. The van der Waals surface area contributed by atoms with Crippen LogP contribution in [0.3, 0.4) is 0 Å². The van der Waals surface area contributed by atoms with Crippen molar-refractivity contribution in [3.8, 4) is 11.4 Å². The molecule has 5 heteroatoms. The van der Waals surface area contributed by atoms with E-state index in [0.29, 0.717) is 0 Å². The van der Waals surface area contributed by atoms with Crippen LogP contribution in [0.4, 0.5) is 0 Å². The lowest BCUT2D eigenvalue weighted by atomic mass is 10.1. The second-order valence-electron chi connectivity index (χ2n) is 6.17. The summed E-state index contributed by atoms with van der Waals surface area (Å²) in [5, 5.41) is 0. The Morgan fingerprint density at radius 2 is 1.96 bits per heavy atom. The maximum atomic E-state index is 4.79. The Balaban J connectivity index is 1.52. The lowest BCUT2D eigenvalue weighted by Crippen LogP contribution is -2.31. The molecule has 0 bridgehead atoms. The summed E-state index contributed by atoms with van der Waals surface area (Å²) in [6.07, 6.45) is 8.66. The molecule has 0 saturated carbocycles. The predicted octanol–water partition coefficient (Wildman–Crippen LogP) is 3.82. The molecule has 0 amide bonds. The highest BCUT2D eigenvalue weighted by Gasteiger charge is 2.19. The minimum atomic E-state index is 0.794. The Morgan fingerprint density at radius 1 is 1.12 bits per heavy atom. The molecule has 25 heavy (non-hydrogen) atoms. The number of pyridine rings is 1. The van der Waals surface area contributed by atoms with Crippen molar-refractivity contribution in [3.05, 3.63) is 71.8 Å². The second-order valence-corrected chi connectivity index (χ2v) is 7.02. The Labute approximate surface area is 152 Å². The van der Waals surface area contributed by atoms with Gasteiger partial charge in [-0.2, -0.15) is 0 Å². The third-order valence-corrected chi connectivity index (χ3v) is 5.38. The first-order valence-corrected chi connectivity index (χ1v) is 9.65. The summed E-state index contributed by atoms with van der Waals surface area (Å²) < 4.78 is 0. The van der Waals surface area contributed by atoms with Crippen molar-refractivity contribution in [1.82, 2.24) is 19.9 Å². The summed E-state index contributed by atoms with van der Waals surface area (Å²) in [5.74, 6) is 0.794. The molecule has 0 spiro atoms. The summed E-state index contributed by atoms with van der Waals surface area (Å²) >= 11 is 1.81. The summed E-state index contributed by atoms with van der Waals surface area (Å²) in [7, 11) is 0. The topological polar surface area (TPSA) is 41.9 Å². The zero-order valence-electron chi connectivity index (χ0n) is 14.2. The van der Waals surface area contributed by atoms with Gasteiger partial charge in [0, 0.05) is 60.7 Å². The van der Waals surface area contributed by atoms with Crippen LogP contribution in [0, 0.1) is 0 Å². The molecule has 0 saturated heterocycles. The fraction of sp³-hybridized carbons (Fsp3) is 0.250. The third kappa shape index (κ3) is 3.57. The highest BCUT2D eigenvalue weighted by molar-refractivity contribution is 7.98. The van der Waals surface area contributed by atoms with Crippen LogP contribution in [0.1, 0.15) is 16.8 Å². The van der Waals surface area contributed by atoms with Crippen LogP contribution < -0.4 is 0 Å². The van der Waals surface area contributed by atoms with E-state index in [-0.39, 0.29) is 0 Å². The van der Waals surface area contributed by atoms with E-state index in [1.54, 1.807) is 12.4 Å². The van der Waals surface area contributed by atoms with Crippen molar-refractivity contribution in [2.24, 2.45) is 0 Å². The van der Waals surface area contributed by atoms with E-state index in [1.807, 2.05) is 30.1 Å². The van der Waals surface area contributed by atoms with Crippen LogP contribution in [-0.4, -0.2) is 32.7 Å². The number of fused-ring (bicyclic) bond motifs is 1. The van der Waals surface area contributed by atoms with Gasteiger partial charge in [0.25, 0.3) is 0 Å². The molecule has 1 aliphatic heterocycles. The maximum absolute atomic E-state index is 4.79. The van der Waals surface area contributed by atoms with E-state index in [9.17, 15) is 0 Å². The van der Waals surface area contributed by atoms with Gasteiger partial charge in [-0.3, -0.25) is 9.88 Å². The monoisotopic (exact) mass is 348 g/mol. The van der Waals surface area contributed by atoms with E-state index < -0.39 is 0 Å². The molecule has 0 atom stereocenters. The molecule has 2 aromatic heterocycles. The van der Waals surface area contributed by atoms with Crippen molar-refractivity contribution in [3.63, 3.8) is 0 Å². The summed E-state index contributed by atoms with van der Waals surface area (Å²) in [6, 6.07) is 12.6. The van der Waals surface area contributed by atoms with Gasteiger partial charge in [-0.15, -0.1) is 11.8 Å². The van der Waals surface area contributed by atoms with Crippen LogP contribution in [0.5, 0.6) is 0 Å². The Bertz CT molecular complexity index is 867. The molecule has 3 aromatic rings. The minimum absolute atomic E-state index is 0.794. The van der Waals surface area contributed by atoms with Gasteiger partial charge < -0.3 is 0 Å². The van der Waals surface area contributed by atoms with Crippen molar-refractivity contribution < 1.29 is 0 Å². The number of aromatic nitrogens is 3. The first-order chi connectivity index (χ1) is 12.3. The molecule has 126 valence electrons. The van der Waals surface area contributed by atoms with Gasteiger partial charge in [0.1, 0.15) is 0 Å². The zero-order valence-corrected chi connectivity index (χ0v) is 15.0. The minimum Gasteiger partial charge on any atom is -0.294 e. The molecule has 0 radical (unpaired) electrons. The number of hydrogen-bond donors (Lipinski definition) is 0. The van der Waals surface area contributed by atoms with Crippen molar-refractivity contribution in [2.45, 2.75) is 24.4 Å². The first kappa shape index (κ1) is 16.2. The number of thioether (sulfide) groups is 1. The van der Waals surface area contributed by atoms with E-state index in [1.165, 1.54) is 21.7 Å². The van der Waals surface area contributed by atoms with Crippen LogP contribution in [0.25, 0.3) is 11.4 Å². The van der Waals surface area contributed by atoms with Gasteiger partial charge in [0.2, 0.25) is 0 Å². The van der Waals surface area contributed by atoms with Crippen LogP contribution in [-0.2, 0) is 19.5 Å². The molecule has 4 rings (SSSR count). The van der Waals surface area contributed by atoms with Crippen LogP contribution in [0.2, 0.25) is 0 Å². The molecule has 3 heterocycles. The van der Waals surface area contributed by atoms with Gasteiger partial charge in [0.05, 0.1) is 5.69 Å². The second kappa shape index (κ2) is 7.33. The van der Waals surface area contributed by atoms with Crippen molar-refractivity contribution >= 4 is 11.8 Å². The lowest BCUT2D eigenvalue weighted by molar-refractivity contribution is 0.241. The van der Waals surface area contributed by atoms with Crippen LogP contribution >= 0.6 is 11.8 Å². The Morgan fingerprint density at radius 3 is 2.80 bits per heavy atom. The van der Waals surface area contributed by atoms with E-state index in [4.69, 9.17) is 4.98 Å². The Kier molecular flexibility index (Phi) is 4.76. The van der Waals surface area contributed by atoms with E-state index in [2.05, 4.69) is 45.4 Å². The van der Waals surface area contributed by atoms with Gasteiger partial charge in [-0.05, 0) is 30.0 Å². The predicted molar refractivity (Wildman–Crippen MR) is 101 cm³/mol. The van der Waals surface area contributed by atoms with Crippen molar-refractivity contribution in [2.75, 3.05) is 12.8 Å². The number of hydrogen-bond acceptors (Lipinski definition) is 5. The number of benzene rings is 1. The molecule has 4 nitrogen and oxygen atoms in total. The van der Waals surface area contributed by atoms with Gasteiger partial charge in [0.15, 0.2) is 5.82 Å². The molecular weight excluding hydrogens is 328 g/mol. The zero-order chi connectivity index (χ0) is 17.1. The SMILES string of the molecule is CSc1ccccc1CN1CCc2nc(-c3ccncc3)ncc2C1. The first-order valence-electron chi connectivity index (χ1n) is 8.43. The largest absolute Gasteiger partial charge is 0.294 e. The molecular formula is C20H20N4S. The van der Waals surface area contributed by atoms with Gasteiger partial charge in [-0.1, -0.05) is 18.2 Å². The highest BCUT2D eigenvalue weighted by atomic mass is 32.2. The van der Waals surface area contributed by atoms with E-state index in [0.717, 1.165) is 37.4 Å². The fourth-order valence-corrected chi connectivity index (χ4v) is 3.83. The molecule has 0 aliphatic carbocycles. The molecule has 0 fully saturated rings. The van der Waals surface area contributed by atoms with Gasteiger partial charge >= 0.3 is 0 Å². The standard InChI is InChI=1S/C20H20N4S/c1-25-19-5-3-2-4-16(19)13-24-11-8-18-17(14-24)12-22-20(23-18)15-6-9-21-10-7-15/h2-7,9-10,12H,8,11,13-14H2,1H3. The maximum Gasteiger partial charge on any atom is 0.159 e. The quantitative estimate of drug-likeness (QED) is 0.671. The van der Waals surface area contributed by atoms with E-state index >= 15 is 0 Å². The molecule has 1 aliphatic rings. The third-order valence-electron chi connectivity index (χ3n) is 4.54. The smallest absolute Gasteiger partial charge is 0.159 e. The van der Waals surface area contributed by atoms with Crippen molar-refractivity contribution in [1.29, 1.82) is 0 Å². The summed E-state index contributed by atoms with van der Waals surface area (Å²) in [6.45, 7) is 2.92. The average Bonchev–Trinajstić information content (AvgIpc) is 2.68.